The van der Waals surface area contributed by atoms with Crippen LogP contribution < -0.4 is 5.32 Å². The minimum atomic E-state index is -0.954. The van der Waals surface area contributed by atoms with Crippen molar-refractivity contribution in [3.8, 4) is 0 Å². The molecule has 1 saturated heterocycles. The predicted molar refractivity (Wildman–Crippen MR) is 100 cm³/mol. The minimum absolute atomic E-state index is 0.146. The maximum atomic E-state index is 14.1. The van der Waals surface area contributed by atoms with Gasteiger partial charge in [0.25, 0.3) is 0 Å². The highest BCUT2D eigenvalue weighted by Crippen LogP contribution is 2.37. The van der Waals surface area contributed by atoms with Crippen LogP contribution in [0.5, 0.6) is 0 Å². The fraction of sp³-hybridized carbons (Fsp3) is 0.579. The van der Waals surface area contributed by atoms with Gasteiger partial charge < -0.3 is 10.2 Å². The van der Waals surface area contributed by atoms with Crippen LogP contribution in [0.2, 0.25) is 0 Å². The van der Waals surface area contributed by atoms with E-state index in [4.69, 9.17) is 0 Å². The van der Waals surface area contributed by atoms with Crippen molar-refractivity contribution in [3.05, 3.63) is 39.7 Å². The first-order valence-electron chi connectivity index (χ1n) is 9.48. The lowest BCUT2D eigenvalue weighted by atomic mass is 9.91. The molecule has 8 nitrogen and oxygen atoms in total. The summed E-state index contributed by atoms with van der Waals surface area (Å²) in [4.78, 5) is 39.4. The number of piperazine rings is 1. The quantitative estimate of drug-likeness (QED) is 0.587. The molecule has 0 radical (unpaired) electrons. The third-order valence-corrected chi connectivity index (χ3v) is 5.77. The van der Waals surface area contributed by atoms with Gasteiger partial charge in [-0.3, -0.25) is 24.6 Å². The first-order valence-corrected chi connectivity index (χ1v) is 9.48. The molecule has 4 atom stereocenters. The number of carbonyl (C=O) groups excluding carboxylic acids is 2. The molecule has 2 fully saturated rings. The van der Waals surface area contributed by atoms with Gasteiger partial charge in [-0.25, -0.2) is 0 Å². The zero-order valence-electron chi connectivity index (χ0n) is 16.2. The van der Waals surface area contributed by atoms with Crippen molar-refractivity contribution in [2.75, 3.05) is 20.1 Å². The summed E-state index contributed by atoms with van der Waals surface area (Å²) in [5, 5.41) is 13.6. The summed E-state index contributed by atoms with van der Waals surface area (Å²) in [6.07, 6.45) is 1.14. The van der Waals surface area contributed by atoms with Crippen LogP contribution in [0.25, 0.3) is 0 Å². The SMILES string of the molecule is CCC(=O)N[C@@H](C(=O)N1CCN(C)C2CC21)[C@@H](C)c1ccc([N+](=O)[O-])c(F)c1. The number of rotatable bonds is 6. The van der Waals surface area contributed by atoms with Gasteiger partial charge in [0.1, 0.15) is 6.04 Å². The Morgan fingerprint density at radius 1 is 1.36 bits per heavy atom. The van der Waals surface area contributed by atoms with E-state index in [0.717, 1.165) is 25.1 Å². The van der Waals surface area contributed by atoms with Gasteiger partial charge in [0, 0.05) is 43.6 Å². The molecule has 1 saturated carbocycles. The zero-order chi connectivity index (χ0) is 20.6. The number of nitrogens with zero attached hydrogens (tertiary/aromatic N) is 3. The summed E-state index contributed by atoms with van der Waals surface area (Å²) >= 11 is 0. The molecule has 1 aliphatic carbocycles. The maximum absolute atomic E-state index is 14.1. The molecular formula is C19H25FN4O4. The Kier molecular flexibility index (Phi) is 5.64. The number of nitro groups is 1. The largest absolute Gasteiger partial charge is 0.344 e. The molecule has 3 rings (SSSR count). The number of halogens is 1. The van der Waals surface area contributed by atoms with Crippen LogP contribution in [0.1, 0.15) is 38.2 Å². The average molecular weight is 392 g/mol. The van der Waals surface area contributed by atoms with Gasteiger partial charge in [-0.05, 0) is 25.1 Å². The van der Waals surface area contributed by atoms with Gasteiger partial charge in [-0.1, -0.05) is 19.9 Å². The highest BCUT2D eigenvalue weighted by atomic mass is 19.1. The van der Waals surface area contributed by atoms with E-state index in [1.165, 1.54) is 6.07 Å². The van der Waals surface area contributed by atoms with Crippen LogP contribution in [-0.2, 0) is 9.59 Å². The fourth-order valence-electron chi connectivity index (χ4n) is 3.85. The fourth-order valence-corrected chi connectivity index (χ4v) is 3.85. The molecule has 28 heavy (non-hydrogen) atoms. The Bertz CT molecular complexity index is 802. The van der Waals surface area contributed by atoms with Crippen molar-refractivity contribution in [1.82, 2.24) is 15.1 Å². The third-order valence-electron chi connectivity index (χ3n) is 5.77. The van der Waals surface area contributed by atoms with E-state index in [-0.39, 0.29) is 24.3 Å². The smallest absolute Gasteiger partial charge is 0.304 e. The van der Waals surface area contributed by atoms with Crippen LogP contribution in [0, 0.1) is 15.9 Å². The Morgan fingerprint density at radius 2 is 2.07 bits per heavy atom. The van der Waals surface area contributed by atoms with Gasteiger partial charge in [-0.15, -0.1) is 0 Å². The summed E-state index contributed by atoms with van der Waals surface area (Å²) in [5.41, 5.74) is -0.185. The Labute approximate surface area is 162 Å². The van der Waals surface area contributed by atoms with Crippen LogP contribution in [-0.4, -0.2) is 64.8 Å². The first kappa shape index (κ1) is 20.2. The van der Waals surface area contributed by atoms with Gasteiger partial charge in [0.15, 0.2) is 0 Å². The number of nitrogens with one attached hydrogen (secondary N) is 1. The van der Waals surface area contributed by atoms with Crippen LogP contribution in [0.4, 0.5) is 10.1 Å². The number of benzene rings is 1. The first-order chi connectivity index (χ1) is 13.2. The Morgan fingerprint density at radius 3 is 2.68 bits per heavy atom. The molecule has 1 heterocycles. The lowest BCUT2D eigenvalue weighted by Gasteiger charge is -2.36. The summed E-state index contributed by atoms with van der Waals surface area (Å²) in [6, 6.07) is 3.26. The lowest BCUT2D eigenvalue weighted by Crippen LogP contribution is -2.55. The monoisotopic (exact) mass is 392 g/mol. The van der Waals surface area contributed by atoms with Crippen LogP contribution in [0.15, 0.2) is 18.2 Å². The molecule has 9 heteroatoms. The normalized spacial score (nSPS) is 23.5. The molecule has 2 amide bonds. The van der Waals surface area contributed by atoms with Crippen molar-refractivity contribution in [2.45, 2.75) is 50.7 Å². The summed E-state index contributed by atoms with van der Waals surface area (Å²) in [5.74, 6) is -1.94. The molecular weight excluding hydrogens is 367 g/mol. The van der Waals surface area contributed by atoms with E-state index in [1.807, 2.05) is 11.9 Å². The average Bonchev–Trinajstić information content (AvgIpc) is 3.46. The Balaban J connectivity index is 1.85. The van der Waals surface area contributed by atoms with E-state index in [1.54, 1.807) is 13.8 Å². The number of hydrogen-bond acceptors (Lipinski definition) is 5. The van der Waals surface area contributed by atoms with Crippen LogP contribution >= 0.6 is 0 Å². The van der Waals surface area contributed by atoms with Crippen molar-refractivity contribution < 1.29 is 18.9 Å². The second kappa shape index (κ2) is 7.83. The number of fused-ring (bicyclic) bond motifs is 1. The molecule has 0 bridgehead atoms. The second-order valence-electron chi connectivity index (χ2n) is 7.54. The van der Waals surface area contributed by atoms with E-state index in [0.29, 0.717) is 18.2 Å². The molecule has 2 unspecified atom stereocenters. The molecule has 1 N–H and O–H groups in total. The zero-order valence-corrected chi connectivity index (χ0v) is 16.2. The van der Waals surface area contributed by atoms with Crippen molar-refractivity contribution in [3.63, 3.8) is 0 Å². The van der Waals surface area contributed by atoms with E-state index in [2.05, 4.69) is 10.2 Å². The molecule has 1 aromatic carbocycles. The highest BCUT2D eigenvalue weighted by Gasteiger charge is 2.50. The topological polar surface area (TPSA) is 95.8 Å². The Hall–Kier alpha value is -2.55. The molecule has 0 spiro atoms. The van der Waals surface area contributed by atoms with E-state index in [9.17, 15) is 24.1 Å². The van der Waals surface area contributed by atoms with Crippen molar-refractivity contribution in [2.24, 2.45) is 0 Å². The molecule has 1 aromatic rings. The number of carbonyl (C=O) groups is 2. The number of amides is 2. The van der Waals surface area contributed by atoms with Gasteiger partial charge in [0.05, 0.1) is 4.92 Å². The van der Waals surface area contributed by atoms with Gasteiger partial charge in [-0.2, -0.15) is 4.39 Å². The predicted octanol–water partition coefficient (Wildman–Crippen LogP) is 1.65. The molecule has 152 valence electrons. The van der Waals surface area contributed by atoms with Crippen molar-refractivity contribution >= 4 is 17.5 Å². The summed E-state index contributed by atoms with van der Waals surface area (Å²) in [7, 11) is 2.03. The lowest BCUT2D eigenvalue weighted by molar-refractivity contribution is -0.387. The standard InChI is InChI=1S/C19H25FN4O4/c1-4-17(25)21-18(19(26)23-8-7-22(3)15-10-16(15)23)11(2)12-5-6-14(24(27)28)13(20)9-12/h5-6,9,11,15-16,18H,4,7-8,10H2,1-3H3,(H,21,25)/t11-,15?,16?,18+/m0/s1. The molecule has 2 aliphatic rings. The summed E-state index contributed by atoms with van der Waals surface area (Å²) < 4.78 is 14.1. The number of likely N-dealkylation sites (N-methyl/N-ethyl adjacent to an activating group) is 1. The number of nitro benzene ring substituents is 1. The molecule has 0 aromatic heterocycles. The van der Waals surface area contributed by atoms with Gasteiger partial charge >= 0.3 is 5.69 Å². The molecule has 1 aliphatic heterocycles. The van der Waals surface area contributed by atoms with Gasteiger partial charge in [0.2, 0.25) is 17.6 Å². The second-order valence-corrected chi connectivity index (χ2v) is 7.54. The maximum Gasteiger partial charge on any atom is 0.304 e. The minimum Gasteiger partial charge on any atom is -0.344 e. The van der Waals surface area contributed by atoms with Crippen molar-refractivity contribution in [1.29, 1.82) is 0 Å². The van der Waals surface area contributed by atoms with E-state index < -0.39 is 28.4 Å². The number of hydrogen-bond donors (Lipinski definition) is 1. The van der Waals surface area contributed by atoms with Crippen LogP contribution in [0.3, 0.4) is 0 Å². The van der Waals surface area contributed by atoms with E-state index >= 15 is 0 Å². The highest BCUT2D eigenvalue weighted by molar-refractivity contribution is 5.89. The summed E-state index contributed by atoms with van der Waals surface area (Å²) in [6.45, 7) is 4.76. The third kappa shape index (κ3) is 3.84.